The van der Waals surface area contributed by atoms with Crippen LogP contribution in [0.4, 0.5) is 10.2 Å². The predicted molar refractivity (Wildman–Crippen MR) is 107 cm³/mol. The Morgan fingerprint density at radius 2 is 2.04 bits per heavy atom. The molecule has 6 nitrogen and oxygen atoms in total. The van der Waals surface area contributed by atoms with Gasteiger partial charge in [-0.2, -0.15) is 0 Å². The van der Waals surface area contributed by atoms with Crippen molar-refractivity contribution in [1.82, 2.24) is 19.5 Å². The second-order valence-electron chi connectivity index (χ2n) is 6.30. The maximum atomic E-state index is 13.6. The molecule has 0 aliphatic rings. The zero-order chi connectivity index (χ0) is 18.8. The zero-order valence-corrected chi connectivity index (χ0v) is 16.2. The van der Waals surface area contributed by atoms with E-state index < -0.39 is 6.10 Å². The van der Waals surface area contributed by atoms with Crippen LogP contribution in [0.5, 0.6) is 0 Å². The lowest BCUT2D eigenvalue weighted by molar-refractivity contribution is 0.149. The number of rotatable bonds is 5. The second-order valence-corrected chi connectivity index (χ2v) is 6.30. The SMILES string of the molecule is C/C=C/CC(O)C(C)c1nc(N)c2nc(-c3cccc(F)c3)n(C)c2n1.Cl. The lowest BCUT2D eigenvalue weighted by Gasteiger charge is -2.16. The molecule has 0 saturated heterocycles. The molecule has 0 radical (unpaired) electrons. The monoisotopic (exact) mass is 391 g/mol. The number of nitrogens with two attached hydrogens (primary N) is 1. The molecule has 3 rings (SSSR count). The van der Waals surface area contributed by atoms with Crippen LogP contribution in [0, 0.1) is 5.82 Å². The summed E-state index contributed by atoms with van der Waals surface area (Å²) in [7, 11) is 1.80. The average Bonchev–Trinajstić information content (AvgIpc) is 2.96. The number of nitrogen functional groups attached to an aromatic ring is 1. The number of aliphatic hydroxyl groups is 1. The Bertz CT molecular complexity index is 972. The van der Waals surface area contributed by atoms with E-state index in [0.29, 0.717) is 34.8 Å². The quantitative estimate of drug-likeness (QED) is 0.648. The molecule has 144 valence electrons. The number of allylic oxidation sites excluding steroid dienone is 1. The van der Waals surface area contributed by atoms with Gasteiger partial charge in [-0.3, -0.25) is 0 Å². The number of aryl methyl sites for hydroxylation is 1. The fraction of sp³-hybridized carbons (Fsp3) is 0.316. The number of aromatic nitrogens is 4. The highest BCUT2D eigenvalue weighted by Crippen LogP contribution is 2.28. The molecule has 27 heavy (non-hydrogen) atoms. The topological polar surface area (TPSA) is 89.9 Å². The third-order valence-corrected chi connectivity index (χ3v) is 4.44. The van der Waals surface area contributed by atoms with Crippen molar-refractivity contribution >= 4 is 29.4 Å². The predicted octanol–water partition coefficient (Wildman–Crippen LogP) is 3.60. The molecule has 0 spiro atoms. The van der Waals surface area contributed by atoms with Crippen LogP contribution < -0.4 is 5.73 Å². The van der Waals surface area contributed by atoms with E-state index in [4.69, 9.17) is 5.73 Å². The Balaban J connectivity index is 0.00000261. The first-order valence-corrected chi connectivity index (χ1v) is 8.47. The first kappa shape index (κ1) is 20.8. The van der Waals surface area contributed by atoms with Gasteiger partial charge in [-0.05, 0) is 25.5 Å². The summed E-state index contributed by atoms with van der Waals surface area (Å²) in [6.45, 7) is 3.76. The molecule has 3 N–H and O–H groups in total. The largest absolute Gasteiger partial charge is 0.392 e. The van der Waals surface area contributed by atoms with Crippen LogP contribution in [0.3, 0.4) is 0 Å². The summed E-state index contributed by atoms with van der Waals surface area (Å²) >= 11 is 0. The summed E-state index contributed by atoms with van der Waals surface area (Å²) in [5.41, 5.74) is 7.74. The molecule has 0 aliphatic heterocycles. The number of anilines is 1. The van der Waals surface area contributed by atoms with Crippen LogP contribution in [-0.4, -0.2) is 30.7 Å². The van der Waals surface area contributed by atoms with E-state index >= 15 is 0 Å². The molecule has 0 amide bonds. The molecule has 3 aromatic rings. The van der Waals surface area contributed by atoms with Crippen LogP contribution in [0.25, 0.3) is 22.6 Å². The van der Waals surface area contributed by atoms with Crippen LogP contribution in [0.1, 0.15) is 32.0 Å². The van der Waals surface area contributed by atoms with Gasteiger partial charge in [0.15, 0.2) is 17.0 Å². The van der Waals surface area contributed by atoms with Gasteiger partial charge in [0.05, 0.1) is 6.10 Å². The average molecular weight is 392 g/mol. The van der Waals surface area contributed by atoms with Gasteiger partial charge in [0.2, 0.25) is 0 Å². The molecule has 0 saturated carbocycles. The van der Waals surface area contributed by atoms with E-state index in [2.05, 4.69) is 15.0 Å². The molecule has 2 aromatic heterocycles. The number of nitrogens with zero attached hydrogens (tertiary/aromatic N) is 4. The molecule has 0 bridgehead atoms. The number of imidazole rings is 1. The van der Waals surface area contributed by atoms with Crippen molar-refractivity contribution in [3.05, 3.63) is 48.1 Å². The zero-order valence-electron chi connectivity index (χ0n) is 15.4. The Morgan fingerprint density at radius 3 is 2.70 bits per heavy atom. The third-order valence-electron chi connectivity index (χ3n) is 4.44. The molecule has 1 aromatic carbocycles. The van der Waals surface area contributed by atoms with Crippen LogP contribution in [-0.2, 0) is 7.05 Å². The number of hydrogen-bond acceptors (Lipinski definition) is 5. The molecule has 2 heterocycles. The minimum absolute atomic E-state index is 0. The van der Waals surface area contributed by atoms with Crippen LogP contribution in [0.15, 0.2) is 36.4 Å². The highest BCUT2D eigenvalue weighted by atomic mass is 35.5. The van der Waals surface area contributed by atoms with Crippen molar-refractivity contribution in [1.29, 1.82) is 0 Å². The van der Waals surface area contributed by atoms with Gasteiger partial charge < -0.3 is 15.4 Å². The van der Waals surface area contributed by atoms with E-state index in [0.717, 1.165) is 0 Å². The minimum atomic E-state index is -0.612. The van der Waals surface area contributed by atoms with E-state index in [1.54, 1.807) is 23.7 Å². The molecule has 0 fully saturated rings. The van der Waals surface area contributed by atoms with E-state index in [1.165, 1.54) is 12.1 Å². The normalized spacial score (nSPS) is 13.7. The minimum Gasteiger partial charge on any atom is -0.392 e. The van der Waals surface area contributed by atoms with Gasteiger partial charge in [-0.25, -0.2) is 19.3 Å². The highest BCUT2D eigenvalue weighted by molar-refractivity contribution is 5.86. The third kappa shape index (κ3) is 4.09. The van der Waals surface area contributed by atoms with Crippen molar-refractivity contribution in [2.45, 2.75) is 32.3 Å². The van der Waals surface area contributed by atoms with E-state index in [1.807, 2.05) is 26.0 Å². The van der Waals surface area contributed by atoms with Crippen LogP contribution in [0.2, 0.25) is 0 Å². The lowest BCUT2D eigenvalue weighted by Crippen LogP contribution is -2.18. The maximum absolute atomic E-state index is 13.6. The van der Waals surface area contributed by atoms with Crippen molar-refractivity contribution < 1.29 is 9.50 Å². The standard InChI is InChI=1S/C19H22FN5O.ClH/c1-4-5-9-14(26)11(2)17-23-16(21)15-19(24-17)25(3)18(22-15)12-7-6-8-13(20)10-12;/h4-8,10-11,14,26H,9H2,1-3H3,(H2,21,23,24);1H/b5-4+;. The Morgan fingerprint density at radius 1 is 1.30 bits per heavy atom. The molecule has 2 unspecified atom stereocenters. The van der Waals surface area contributed by atoms with Gasteiger partial charge in [-0.1, -0.05) is 31.2 Å². The van der Waals surface area contributed by atoms with Crippen molar-refractivity contribution in [3.63, 3.8) is 0 Å². The molecular formula is C19H23ClFN5O. The summed E-state index contributed by atoms with van der Waals surface area (Å²) in [4.78, 5) is 13.4. The van der Waals surface area contributed by atoms with Gasteiger partial charge >= 0.3 is 0 Å². The lowest BCUT2D eigenvalue weighted by atomic mass is 10.0. The van der Waals surface area contributed by atoms with Crippen molar-refractivity contribution in [2.24, 2.45) is 7.05 Å². The van der Waals surface area contributed by atoms with E-state index in [-0.39, 0.29) is 30.0 Å². The van der Waals surface area contributed by atoms with Gasteiger partial charge in [0, 0.05) is 18.5 Å². The summed E-state index contributed by atoms with van der Waals surface area (Å²) in [5.74, 6) is 0.634. The summed E-state index contributed by atoms with van der Waals surface area (Å²) < 4.78 is 15.3. The smallest absolute Gasteiger partial charge is 0.166 e. The first-order chi connectivity index (χ1) is 12.4. The molecule has 2 atom stereocenters. The number of benzene rings is 1. The van der Waals surface area contributed by atoms with Gasteiger partial charge in [0.1, 0.15) is 17.5 Å². The molecular weight excluding hydrogens is 369 g/mol. The molecule has 0 aliphatic carbocycles. The van der Waals surface area contributed by atoms with Crippen LogP contribution >= 0.6 is 12.4 Å². The van der Waals surface area contributed by atoms with Gasteiger partial charge in [0.25, 0.3) is 0 Å². The van der Waals surface area contributed by atoms with Crippen molar-refractivity contribution in [2.75, 3.05) is 5.73 Å². The summed E-state index contributed by atoms with van der Waals surface area (Å²) in [5, 5.41) is 10.3. The summed E-state index contributed by atoms with van der Waals surface area (Å²) in [6, 6.07) is 6.20. The Hall–Kier alpha value is -2.51. The summed E-state index contributed by atoms with van der Waals surface area (Å²) in [6.07, 6.45) is 3.69. The van der Waals surface area contributed by atoms with E-state index in [9.17, 15) is 9.50 Å². The Kier molecular flexibility index (Phi) is 6.51. The fourth-order valence-electron chi connectivity index (χ4n) is 2.84. The second kappa shape index (κ2) is 8.45. The van der Waals surface area contributed by atoms with Crippen molar-refractivity contribution in [3.8, 4) is 11.4 Å². The maximum Gasteiger partial charge on any atom is 0.166 e. The Labute approximate surface area is 163 Å². The number of fused-ring (bicyclic) bond motifs is 1. The highest BCUT2D eigenvalue weighted by Gasteiger charge is 2.22. The van der Waals surface area contributed by atoms with Gasteiger partial charge in [-0.15, -0.1) is 12.4 Å². The number of halogens is 2. The number of aliphatic hydroxyl groups excluding tert-OH is 1. The molecule has 8 heteroatoms. The number of hydrogen-bond donors (Lipinski definition) is 2. The first-order valence-electron chi connectivity index (χ1n) is 8.47. The fourth-order valence-corrected chi connectivity index (χ4v) is 2.84.